The van der Waals surface area contributed by atoms with Gasteiger partial charge in [-0.25, -0.2) is 0 Å². The first-order valence-corrected chi connectivity index (χ1v) is 7.25. The van der Waals surface area contributed by atoms with E-state index in [2.05, 4.69) is 15.6 Å². The number of hydrogen-bond donors (Lipinski definition) is 3. The van der Waals surface area contributed by atoms with E-state index in [0.717, 1.165) is 18.5 Å². The topological polar surface area (TPSA) is 74.0 Å². The van der Waals surface area contributed by atoms with Gasteiger partial charge in [-0.2, -0.15) is 0 Å². The average molecular weight is 295 g/mol. The fourth-order valence-corrected chi connectivity index (χ4v) is 2.02. The van der Waals surface area contributed by atoms with Crippen LogP contribution in [-0.2, 0) is 4.79 Å². The molecule has 1 heterocycles. The lowest BCUT2D eigenvalue weighted by atomic mass is 10.2. The number of carbonyl (C=O) groups is 2. The van der Waals surface area contributed by atoms with E-state index in [9.17, 15) is 9.59 Å². The first kappa shape index (κ1) is 14.1. The fourth-order valence-electron chi connectivity index (χ4n) is 2.02. The molecule has 1 fully saturated rings. The lowest BCUT2D eigenvalue weighted by Gasteiger charge is -2.10. The van der Waals surface area contributed by atoms with Gasteiger partial charge >= 0.3 is 0 Å². The lowest BCUT2D eigenvalue weighted by Crippen LogP contribution is -2.35. The lowest BCUT2D eigenvalue weighted by molar-refractivity contribution is -0.117. The smallest absolute Gasteiger partial charge is 0.268 e. The Labute approximate surface area is 128 Å². The van der Waals surface area contributed by atoms with E-state index in [1.165, 1.54) is 0 Å². The number of aromatic nitrogens is 1. The maximum absolute atomic E-state index is 12.3. The summed E-state index contributed by atoms with van der Waals surface area (Å²) in [4.78, 5) is 27.5. The summed E-state index contributed by atoms with van der Waals surface area (Å²) in [5.41, 5.74) is 1.51. The molecule has 1 aliphatic rings. The Morgan fingerprint density at radius 3 is 2.50 bits per heavy atom. The number of hydrogen-bond acceptors (Lipinski definition) is 2. The Morgan fingerprint density at radius 2 is 1.86 bits per heavy atom. The van der Waals surface area contributed by atoms with Crippen molar-refractivity contribution in [3.8, 4) is 0 Å². The molecule has 0 bridgehead atoms. The molecule has 2 aromatic rings. The minimum Gasteiger partial charge on any atom is -0.362 e. The number of benzene rings is 1. The van der Waals surface area contributed by atoms with Gasteiger partial charge in [0.25, 0.3) is 11.8 Å². The fraction of sp³-hybridized carbons (Fsp3) is 0.176. The predicted molar refractivity (Wildman–Crippen MR) is 83.8 cm³/mol. The van der Waals surface area contributed by atoms with Crippen molar-refractivity contribution in [1.82, 2.24) is 15.6 Å². The Balaban J connectivity index is 1.78. The molecule has 3 rings (SSSR count). The van der Waals surface area contributed by atoms with Gasteiger partial charge in [-0.1, -0.05) is 18.2 Å². The van der Waals surface area contributed by atoms with E-state index in [1.807, 2.05) is 18.2 Å². The van der Waals surface area contributed by atoms with Crippen LogP contribution in [0.2, 0.25) is 0 Å². The molecule has 5 heteroatoms. The van der Waals surface area contributed by atoms with E-state index in [1.54, 1.807) is 36.5 Å². The van der Waals surface area contributed by atoms with E-state index >= 15 is 0 Å². The second-order valence-corrected chi connectivity index (χ2v) is 5.25. The molecule has 22 heavy (non-hydrogen) atoms. The van der Waals surface area contributed by atoms with Gasteiger partial charge < -0.3 is 15.6 Å². The molecular formula is C17H17N3O2. The van der Waals surface area contributed by atoms with Crippen molar-refractivity contribution in [3.63, 3.8) is 0 Å². The number of H-pyrrole nitrogens is 1. The molecule has 1 saturated carbocycles. The third-order valence-corrected chi connectivity index (χ3v) is 3.36. The maximum atomic E-state index is 12.3. The summed E-state index contributed by atoms with van der Waals surface area (Å²) in [6, 6.07) is 12.7. The van der Waals surface area contributed by atoms with Crippen LogP contribution in [0.3, 0.4) is 0 Å². The summed E-state index contributed by atoms with van der Waals surface area (Å²) in [6.07, 6.45) is 5.39. The number of aromatic amines is 1. The third kappa shape index (κ3) is 3.63. The number of rotatable bonds is 5. The van der Waals surface area contributed by atoms with Gasteiger partial charge in [0, 0.05) is 23.5 Å². The zero-order valence-electron chi connectivity index (χ0n) is 12.0. The Bertz CT molecular complexity index is 686. The molecule has 0 unspecified atom stereocenters. The highest BCUT2D eigenvalue weighted by Gasteiger charge is 2.25. The molecule has 1 aromatic heterocycles. The average Bonchev–Trinajstić information content (AvgIpc) is 3.20. The van der Waals surface area contributed by atoms with Gasteiger partial charge in [0.1, 0.15) is 5.70 Å². The van der Waals surface area contributed by atoms with E-state index in [4.69, 9.17) is 0 Å². The zero-order chi connectivity index (χ0) is 15.4. The van der Waals surface area contributed by atoms with Crippen molar-refractivity contribution in [1.29, 1.82) is 0 Å². The monoisotopic (exact) mass is 295 g/mol. The number of amides is 2. The summed E-state index contributed by atoms with van der Waals surface area (Å²) >= 11 is 0. The molecule has 0 radical (unpaired) electrons. The van der Waals surface area contributed by atoms with Crippen molar-refractivity contribution >= 4 is 17.9 Å². The number of nitrogens with one attached hydrogen (secondary N) is 3. The Kier molecular flexibility index (Phi) is 4.05. The predicted octanol–water partition coefficient (Wildman–Crippen LogP) is 2.06. The van der Waals surface area contributed by atoms with Crippen LogP contribution in [0.15, 0.2) is 54.4 Å². The first-order valence-electron chi connectivity index (χ1n) is 7.25. The highest BCUT2D eigenvalue weighted by Crippen LogP contribution is 2.19. The normalized spacial score (nSPS) is 14.5. The molecule has 0 aliphatic heterocycles. The third-order valence-electron chi connectivity index (χ3n) is 3.36. The van der Waals surface area contributed by atoms with E-state index in [0.29, 0.717) is 5.56 Å². The molecule has 112 valence electrons. The quantitative estimate of drug-likeness (QED) is 0.739. The second-order valence-electron chi connectivity index (χ2n) is 5.25. The summed E-state index contributed by atoms with van der Waals surface area (Å²) in [5, 5.41) is 5.58. The zero-order valence-corrected chi connectivity index (χ0v) is 12.0. The van der Waals surface area contributed by atoms with Gasteiger partial charge in [0.2, 0.25) is 0 Å². The van der Waals surface area contributed by atoms with Crippen LogP contribution in [0, 0.1) is 0 Å². The SMILES string of the molecule is O=C(NC1CC1)C(=Cc1ccc[nH]1)NC(=O)c1ccccc1. The Hall–Kier alpha value is -2.82. The van der Waals surface area contributed by atoms with E-state index < -0.39 is 0 Å². The molecule has 0 atom stereocenters. The molecule has 2 amide bonds. The Morgan fingerprint density at radius 1 is 1.09 bits per heavy atom. The highest BCUT2D eigenvalue weighted by molar-refractivity contribution is 6.05. The van der Waals surface area contributed by atoms with Crippen LogP contribution in [0.1, 0.15) is 28.9 Å². The summed E-state index contributed by atoms with van der Waals surface area (Å²) < 4.78 is 0. The van der Waals surface area contributed by atoms with Crippen LogP contribution in [0.5, 0.6) is 0 Å². The summed E-state index contributed by atoms with van der Waals surface area (Å²) in [6.45, 7) is 0. The van der Waals surface area contributed by atoms with Gasteiger partial charge in [0.05, 0.1) is 0 Å². The van der Waals surface area contributed by atoms with Crippen LogP contribution < -0.4 is 10.6 Å². The minimum absolute atomic E-state index is 0.230. The standard InChI is InChI=1S/C17H17N3O2/c21-16(12-5-2-1-3-6-12)20-15(11-14-7-4-10-18-14)17(22)19-13-8-9-13/h1-7,10-11,13,18H,8-9H2,(H,19,22)(H,20,21). The molecule has 5 nitrogen and oxygen atoms in total. The van der Waals surface area contributed by atoms with Crippen LogP contribution in [0.4, 0.5) is 0 Å². The number of carbonyl (C=O) groups excluding carboxylic acids is 2. The molecule has 0 saturated heterocycles. The largest absolute Gasteiger partial charge is 0.362 e. The van der Waals surface area contributed by atoms with Gasteiger partial charge in [0.15, 0.2) is 0 Å². The van der Waals surface area contributed by atoms with Crippen molar-refractivity contribution in [2.45, 2.75) is 18.9 Å². The first-order chi connectivity index (χ1) is 10.7. The molecule has 0 spiro atoms. The van der Waals surface area contributed by atoms with Crippen molar-refractivity contribution in [3.05, 3.63) is 65.6 Å². The van der Waals surface area contributed by atoms with Gasteiger partial charge in [-0.15, -0.1) is 0 Å². The highest BCUT2D eigenvalue weighted by atomic mass is 16.2. The molecular weight excluding hydrogens is 278 g/mol. The molecule has 1 aliphatic carbocycles. The minimum atomic E-state index is -0.302. The van der Waals surface area contributed by atoms with E-state index in [-0.39, 0.29) is 23.6 Å². The van der Waals surface area contributed by atoms with Crippen molar-refractivity contribution in [2.75, 3.05) is 0 Å². The van der Waals surface area contributed by atoms with Crippen molar-refractivity contribution in [2.24, 2.45) is 0 Å². The molecule has 1 aromatic carbocycles. The van der Waals surface area contributed by atoms with Gasteiger partial charge in [-0.3, -0.25) is 9.59 Å². The summed E-state index contributed by atoms with van der Waals surface area (Å²) in [5.74, 6) is -0.564. The van der Waals surface area contributed by atoms with Gasteiger partial charge in [-0.05, 0) is 43.2 Å². The maximum Gasteiger partial charge on any atom is 0.268 e. The van der Waals surface area contributed by atoms with Crippen LogP contribution in [-0.4, -0.2) is 22.8 Å². The summed E-state index contributed by atoms with van der Waals surface area (Å²) in [7, 11) is 0. The van der Waals surface area contributed by atoms with Crippen molar-refractivity contribution < 1.29 is 9.59 Å². The van der Waals surface area contributed by atoms with Crippen LogP contribution >= 0.6 is 0 Å². The molecule has 3 N–H and O–H groups in total. The van der Waals surface area contributed by atoms with Crippen LogP contribution in [0.25, 0.3) is 6.08 Å². The second kappa shape index (κ2) is 6.30.